The van der Waals surface area contributed by atoms with E-state index in [4.69, 9.17) is 16.3 Å². The Morgan fingerprint density at radius 2 is 2.03 bits per heavy atom. The second-order valence-electron chi connectivity index (χ2n) is 7.60. The minimum atomic E-state index is -0.230. The zero-order valence-electron chi connectivity index (χ0n) is 16.5. The minimum Gasteiger partial charge on any atom is -0.393 e. The normalized spacial score (nSPS) is 19.1. The molecule has 8 nitrogen and oxygen atoms in total. The number of anilines is 1. The number of rotatable bonds is 5. The molecule has 158 valence electrons. The SMILES string of the molecule is CN(Cc1cc2nc(Cl)nc(N3CCOCC3)c2s1)C(=O)CN1CCC(O)CC1. The number of aliphatic hydroxyl groups is 1. The molecule has 4 rings (SSSR count). The first-order valence-electron chi connectivity index (χ1n) is 9.92. The van der Waals surface area contributed by atoms with E-state index in [0.29, 0.717) is 26.3 Å². The lowest BCUT2D eigenvalue weighted by atomic mass is 10.1. The number of likely N-dealkylation sites (tertiary alicyclic amines) is 1. The van der Waals surface area contributed by atoms with Gasteiger partial charge in [-0.1, -0.05) is 0 Å². The number of halogens is 1. The zero-order valence-corrected chi connectivity index (χ0v) is 18.1. The lowest BCUT2D eigenvalue weighted by molar-refractivity contribution is -0.132. The number of hydrogen-bond acceptors (Lipinski definition) is 8. The molecular formula is C19H26ClN5O3S. The average molecular weight is 440 g/mol. The van der Waals surface area contributed by atoms with Crippen LogP contribution in [0, 0.1) is 0 Å². The van der Waals surface area contributed by atoms with Crippen molar-refractivity contribution in [3.8, 4) is 0 Å². The van der Waals surface area contributed by atoms with E-state index in [-0.39, 0.29) is 17.3 Å². The molecule has 2 fully saturated rings. The number of piperidine rings is 1. The number of morpholine rings is 1. The Hall–Kier alpha value is -1.52. The molecule has 2 saturated heterocycles. The fourth-order valence-corrected chi connectivity index (χ4v) is 5.05. The van der Waals surface area contributed by atoms with Crippen LogP contribution in [0.5, 0.6) is 0 Å². The van der Waals surface area contributed by atoms with E-state index in [9.17, 15) is 9.90 Å². The van der Waals surface area contributed by atoms with Crippen LogP contribution < -0.4 is 4.90 Å². The van der Waals surface area contributed by atoms with Gasteiger partial charge in [-0.3, -0.25) is 9.69 Å². The summed E-state index contributed by atoms with van der Waals surface area (Å²) >= 11 is 7.78. The van der Waals surface area contributed by atoms with Crippen molar-refractivity contribution in [3.05, 3.63) is 16.2 Å². The van der Waals surface area contributed by atoms with Gasteiger partial charge in [0, 0.05) is 38.1 Å². The molecule has 0 radical (unpaired) electrons. The summed E-state index contributed by atoms with van der Waals surface area (Å²) in [6.45, 7) is 5.34. The topological polar surface area (TPSA) is 82.0 Å². The Bertz CT molecular complexity index is 865. The van der Waals surface area contributed by atoms with Gasteiger partial charge < -0.3 is 19.6 Å². The summed E-state index contributed by atoms with van der Waals surface area (Å²) in [5.41, 5.74) is 0.817. The lowest BCUT2D eigenvalue weighted by Crippen LogP contribution is -2.42. The van der Waals surface area contributed by atoms with Gasteiger partial charge in [0.1, 0.15) is 0 Å². The van der Waals surface area contributed by atoms with Gasteiger partial charge in [0.15, 0.2) is 5.82 Å². The molecule has 10 heteroatoms. The van der Waals surface area contributed by atoms with Gasteiger partial charge in [0.05, 0.1) is 42.6 Å². The van der Waals surface area contributed by atoms with Crippen LogP contribution >= 0.6 is 22.9 Å². The molecule has 2 aliphatic rings. The molecule has 1 N–H and O–H groups in total. The predicted octanol–water partition coefficient (Wildman–Crippen LogP) is 1.60. The summed E-state index contributed by atoms with van der Waals surface area (Å²) < 4.78 is 6.44. The van der Waals surface area contributed by atoms with Crippen LogP contribution in [-0.4, -0.2) is 89.9 Å². The number of hydrogen-bond donors (Lipinski definition) is 1. The van der Waals surface area contributed by atoms with Gasteiger partial charge in [0.2, 0.25) is 11.2 Å². The summed E-state index contributed by atoms with van der Waals surface area (Å²) in [6.07, 6.45) is 1.24. The number of carbonyl (C=O) groups is 1. The van der Waals surface area contributed by atoms with Crippen molar-refractivity contribution in [2.45, 2.75) is 25.5 Å². The zero-order chi connectivity index (χ0) is 20.4. The number of nitrogens with zero attached hydrogens (tertiary/aromatic N) is 5. The van der Waals surface area contributed by atoms with E-state index >= 15 is 0 Å². The first-order valence-corrected chi connectivity index (χ1v) is 11.1. The molecule has 4 heterocycles. The molecule has 0 atom stereocenters. The largest absolute Gasteiger partial charge is 0.393 e. The highest BCUT2D eigenvalue weighted by Crippen LogP contribution is 2.33. The van der Waals surface area contributed by atoms with Crippen LogP contribution in [0.2, 0.25) is 5.28 Å². The molecule has 0 spiro atoms. The summed E-state index contributed by atoms with van der Waals surface area (Å²) in [4.78, 5) is 28.6. The van der Waals surface area contributed by atoms with Crippen molar-refractivity contribution < 1.29 is 14.6 Å². The third-order valence-electron chi connectivity index (χ3n) is 5.42. The highest BCUT2D eigenvalue weighted by molar-refractivity contribution is 7.19. The molecule has 0 aliphatic carbocycles. The number of fused-ring (bicyclic) bond motifs is 1. The molecule has 2 aliphatic heterocycles. The second-order valence-corrected chi connectivity index (χ2v) is 9.07. The van der Waals surface area contributed by atoms with Crippen molar-refractivity contribution in [1.29, 1.82) is 0 Å². The number of thiophene rings is 1. The number of likely N-dealkylation sites (N-methyl/N-ethyl adjacent to an activating group) is 1. The summed E-state index contributed by atoms with van der Waals surface area (Å²) in [5, 5.41) is 9.86. The quantitative estimate of drug-likeness (QED) is 0.708. The van der Waals surface area contributed by atoms with Gasteiger partial charge >= 0.3 is 0 Å². The first-order chi connectivity index (χ1) is 14.0. The van der Waals surface area contributed by atoms with E-state index in [0.717, 1.165) is 59.9 Å². The highest BCUT2D eigenvalue weighted by Gasteiger charge is 2.22. The van der Waals surface area contributed by atoms with Crippen molar-refractivity contribution in [1.82, 2.24) is 19.8 Å². The molecule has 0 unspecified atom stereocenters. The maximum Gasteiger partial charge on any atom is 0.236 e. The van der Waals surface area contributed by atoms with E-state index in [1.54, 1.807) is 16.2 Å². The third kappa shape index (κ3) is 4.97. The molecule has 1 amide bonds. The molecule has 29 heavy (non-hydrogen) atoms. The fourth-order valence-electron chi connectivity index (χ4n) is 3.72. The van der Waals surface area contributed by atoms with E-state index in [1.165, 1.54) is 0 Å². The molecule has 0 bridgehead atoms. The molecule has 0 saturated carbocycles. The van der Waals surface area contributed by atoms with E-state index in [2.05, 4.69) is 19.8 Å². The van der Waals surface area contributed by atoms with Crippen LogP contribution in [0.4, 0.5) is 5.82 Å². The lowest BCUT2D eigenvalue weighted by Gasteiger charge is -2.30. The molecule has 2 aromatic rings. The van der Waals surface area contributed by atoms with E-state index < -0.39 is 0 Å². The van der Waals surface area contributed by atoms with Crippen molar-refractivity contribution in [3.63, 3.8) is 0 Å². The molecule has 2 aromatic heterocycles. The third-order valence-corrected chi connectivity index (χ3v) is 6.70. The van der Waals surface area contributed by atoms with Crippen molar-refractivity contribution >= 4 is 44.9 Å². The number of aromatic nitrogens is 2. The van der Waals surface area contributed by atoms with Crippen LogP contribution in [0.25, 0.3) is 10.2 Å². The van der Waals surface area contributed by atoms with Crippen LogP contribution in [0.1, 0.15) is 17.7 Å². The molecule has 0 aromatic carbocycles. The summed E-state index contributed by atoms with van der Waals surface area (Å²) in [7, 11) is 1.83. The van der Waals surface area contributed by atoms with Crippen LogP contribution in [0.3, 0.4) is 0 Å². The standard InChI is InChI=1S/C19H26ClN5O3S/c1-23(16(27)12-24-4-2-13(26)3-5-24)11-14-10-15-17(29-14)18(22-19(20)21-15)25-6-8-28-9-7-25/h10,13,26H,2-9,11-12H2,1H3. The highest BCUT2D eigenvalue weighted by atomic mass is 35.5. The van der Waals surface area contributed by atoms with Crippen LogP contribution in [0.15, 0.2) is 6.07 Å². The Morgan fingerprint density at radius 3 is 2.76 bits per heavy atom. The van der Waals surface area contributed by atoms with Gasteiger partial charge in [-0.05, 0) is 30.5 Å². The Kier molecular flexibility index (Phi) is 6.50. The first kappa shape index (κ1) is 20.7. The van der Waals surface area contributed by atoms with Crippen molar-refractivity contribution in [2.24, 2.45) is 0 Å². The minimum absolute atomic E-state index is 0.0800. The fraction of sp³-hybridized carbons (Fsp3) is 0.632. The van der Waals surface area contributed by atoms with Gasteiger partial charge in [-0.15, -0.1) is 11.3 Å². The molecular weight excluding hydrogens is 414 g/mol. The van der Waals surface area contributed by atoms with Gasteiger partial charge in [0.25, 0.3) is 0 Å². The number of ether oxygens (including phenoxy) is 1. The number of carbonyl (C=O) groups excluding carboxylic acids is 1. The monoisotopic (exact) mass is 439 g/mol. The maximum absolute atomic E-state index is 12.6. The summed E-state index contributed by atoms with van der Waals surface area (Å²) in [6, 6.07) is 2.00. The maximum atomic E-state index is 12.6. The average Bonchev–Trinajstić information content (AvgIpc) is 3.11. The second kappa shape index (κ2) is 9.09. The van der Waals surface area contributed by atoms with Gasteiger partial charge in [-0.25, -0.2) is 4.98 Å². The van der Waals surface area contributed by atoms with Crippen molar-refractivity contribution in [2.75, 3.05) is 57.9 Å². The Labute approximate surface area is 179 Å². The predicted molar refractivity (Wildman–Crippen MR) is 114 cm³/mol. The Morgan fingerprint density at radius 1 is 1.31 bits per heavy atom. The number of aliphatic hydroxyl groups excluding tert-OH is 1. The smallest absolute Gasteiger partial charge is 0.236 e. The number of amides is 1. The van der Waals surface area contributed by atoms with E-state index in [1.807, 2.05) is 13.1 Å². The van der Waals surface area contributed by atoms with Crippen LogP contribution in [-0.2, 0) is 16.1 Å². The Balaban J connectivity index is 1.45. The van der Waals surface area contributed by atoms with Gasteiger partial charge in [-0.2, -0.15) is 4.98 Å². The summed E-state index contributed by atoms with van der Waals surface area (Å²) in [5.74, 6) is 0.928.